The van der Waals surface area contributed by atoms with Crippen molar-refractivity contribution in [2.24, 2.45) is 0 Å². The van der Waals surface area contributed by atoms with Gasteiger partial charge in [0.2, 0.25) is 0 Å². The minimum absolute atomic E-state index is 0.731. The van der Waals surface area contributed by atoms with E-state index in [1.807, 2.05) is 48.5 Å². The molecule has 0 aromatic heterocycles. The zero-order valence-corrected chi connectivity index (χ0v) is 11.5. The van der Waals surface area contributed by atoms with Crippen molar-refractivity contribution in [1.82, 2.24) is 0 Å². The van der Waals surface area contributed by atoms with Gasteiger partial charge in [0.05, 0.1) is 7.11 Å². The van der Waals surface area contributed by atoms with Crippen LogP contribution in [0.3, 0.4) is 0 Å². The third kappa shape index (κ3) is 3.26. The van der Waals surface area contributed by atoms with E-state index < -0.39 is 5.97 Å². The molecule has 0 unspecified atom stereocenters. The fourth-order valence-corrected chi connectivity index (χ4v) is 2.00. The summed E-state index contributed by atoms with van der Waals surface area (Å²) in [5, 5.41) is 8.75. The summed E-state index contributed by atoms with van der Waals surface area (Å²) in [6, 6.07) is 15.6. The molecule has 0 radical (unpaired) electrons. The molecule has 102 valence electrons. The molecule has 2 aromatic rings. The van der Waals surface area contributed by atoms with E-state index in [1.165, 1.54) is 6.08 Å². The van der Waals surface area contributed by atoms with E-state index in [0.29, 0.717) is 0 Å². The summed E-state index contributed by atoms with van der Waals surface area (Å²) in [5.41, 5.74) is 3.76. The Morgan fingerprint density at radius 2 is 1.80 bits per heavy atom. The molecule has 0 bridgehead atoms. The topological polar surface area (TPSA) is 46.5 Å². The van der Waals surface area contributed by atoms with Gasteiger partial charge in [-0.2, -0.15) is 0 Å². The number of methoxy groups -OCH3 is 1. The molecule has 0 fully saturated rings. The summed E-state index contributed by atoms with van der Waals surface area (Å²) < 4.78 is 5.21. The van der Waals surface area contributed by atoms with E-state index in [1.54, 1.807) is 14.0 Å². The van der Waals surface area contributed by atoms with Crippen LogP contribution in [0.15, 0.2) is 54.6 Å². The first-order valence-corrected chi connectivity index (χ1v) is 6.26. The Labute approximate surface area is 118 Å². The molecule has 1 N–H and O–H groups in total. The number of benzene rings is 2. The van der Waals surface area contributed by atoms with E-state index in [4.69, 9.17) is 9.84 Å². The summed E-state index contributed by atoms with van der Waals surface area (Å²) in [6.45, 7) is 1.79. The first-order valence-electron chi connectivity index (χ1n) is 6.26. The first-order chi connectivity index (χ1) is 9.60. The number of allylic oxidation sites excluding steroid dienone is 1. The van der Waals surface area contributed by atoms with Crippen molar-refractivity contribution in [3.8, 4) is 16.9 Å². The normalized spacial score (nSPS) is 11.2. The Morgan fingerprint density at radius 1 is 1.10 bits per heavy atom. The van der Waals surface area contributed by atoms with Gasteiger partial charge < -0.3 is 9.84 Å². The van der Waals surface area contributed by atoms with Crippen LogP contribution in [-0.2, 0) is 4.79 Å². The molecular weight excluding hydrogens is 252 g/mol. The van der Waals surface area contributed by atoms with Gasteiger partial charge in [-0.1, -0.05) is 36.4 Å². The van der Waals surface area contributed by atoms with Gasteiger partial charge in [0.25, 0.3) is 0 Å². The summed E-state index contributed by atoms with van der Waals surface area (Å²) in [7, 11) is 1.64. The third-order valence-electron chi connectivity index (χ3n) is 3.08. The highest BCUT2D eigenvalue weighted by Gasteiger charge is 2.02. The predicted octanol–water partition coefficient (Wildman–Crippen LogP) is 3.85. The molecule has 0 aliphatic carbocycles. The van der Waals surface area contributed by atoms with E-state index in [2.05, 4.69) is 0 Å². The predicted molar refractivity (Wildman–Crippen MR) is 79.7 cm³/mol. The number of hydrogen-bond acceptors (Lipinski definition) is 2. The lowest BCUT2D eigenvalue weighted by molar-refractivity contribution is -0.131. The third-order valence-corrected chi connectivity index (χ3v) is 3.08. The van der Waals surface area contributed by atoms with Crippen molar-refractivity contribution < 1.29 is 14.6 Å². The second-order valence-electron chi connectivity index (χ2n) is 4.47. The fraction of sp³-hybridized carbons (Fsp3) is 0.118. The second kappa shape index (κ2) is 6.06. The minimum atomic E-state index is -0.931. The van der Waals surface area contributed by atoms with Gasteiger partial charge in [-0.25, -0.2) is 4.79 Å². The van der Waals surface area contributed by atoms with Crippen LogP contribution in [0, 0.1) is 0 Å². The van der Waals surface area contributed by atoms with Crippen molar-refractivity contribution in [2.45, 2.75) is 6.92 Å². The molecule has 0 saturated heterocycles. The smallest absolute Gasteiger partial charge is 0.328 e. The number of carboxylic acid groups (broad SMARTS) is 1. The monoisotopic (exact) mass is 268 g/mol. The average Bonchev–Trinajstić information content (AvgIpc) is 2.47. The molecule has 0 spiro atoms. The van der Waals surface area contributed by atoms with Crippen molar-refractivity contribution in [3.63, 3.8) is 0 Å². The van der Waals surface area contributed by atoms with Gasteiger partial charge in [0.15, 0.2) is 0 Å². The van der Waals surface area contributed by atoms with Crippen LogP contribution in [0.4, 0.5) is 0 Å². The van der Waals surface area contributed by atoms with Gasteiger partial charge in [-0.05, 0) is 41.3 Å². The lowest BCUT2D eigenvalue weighted by Gasteiger charge is -2.06. The van der Waals surface area contributed by atoms with E-state index in [9.17, 15) is 4.79 Å². The van der Waals surface area contributed by atoms with Crippen LogP contribution >= 0.6 is 0 Å². The van der Waals surface area contributed by atoms with E-state index in [-0.39, 0.29) is 0 Å². The Balaban J connectivity index is 2.30. The van der Waals surface area contributed by atoms with Gasteiger partial charge >= 0.3 is 5.97 Å². The first kappa shape index (κ1) is 13.9. The second-order valence-corrected chi connectivity index (χ2v) is 4.47. The van der Waals surface area contributed by atoms with Crippen LogP contribution in [0.5, 0.6) is 5.75 Å². The summed E-state index contributed by atoms with van der Waals surface area (Å²) in [5.74, 6) is -0.118. The highest BCUT2D eigenvalue weighted by atomic mass is 16.5. The SMILES string of the molecule is COc1cccc(-c2ccc(/C(C)=C\C(=O)O)cc2)c1. The zero-order chi connectivity index (χ0) is 14.5. The van der Waals surface area contributed by atoms with E-state index >= 15 is 0 Å². The van der Waals surface area contributed by atoms with Crippen LogP contribution < -0.4 is 4.74 Å². The molecule has 0 amide bonds. The van der Waals surface area contributed by atoms with E-state index in [0.717, 1.165) is 28.0 Å². The molecule has 20 heavy (non-hydrogen) atoms. The maximum absolute atomic E-state index is 10.7. The molecule has 2 aromatic carbocycles. The summed E-state index contributed by atoms with van der Waals surface area (Å²) >= 11 is 0. The van der Waals surface area contributed by atoms with Crippen molar-refractivity contribution in [1.29, 1.82) is 0 Å². The largest absolute Gasteiger partial charge is 0.497 e. The molecule has 3 heteroatoms. The maximum atomic E-state index is 10.7. The van der Waals surface area contributed by atoms with Gasteiger partial charge in [0.1, 0.15) is 5.75 Å². The number of carbonyl (C=O) groups is 1. The Hall–Kier alpha value is -2.55. The molecule has 0 atom stereocenters. The molecule has 0 heterocycles. The number of carboxylic acids is 1. The molecule has 0 saturated carbocycles. The molecule has 2 rings (SSSR count). The molecule has 3 nitrogen and oxygen atoms in total. The zero-order valence-electron chi connectivity index (χ0n) is 11.5. The van der Waals surface area contributed by atoms with Crippen molar-refractivity contribution in [3.05, 3.63) is 60.2 Å². The quantitative estimate of drug-likeness (QED) is 0.857. The van der Waals surface area contributed by atoms with Gasteiger partial charge in [-0.15, -0.1) is 0 Å². The number of aliphatic carboxylic acids is 1. The van der Waals surface area contributed by atoms with Crippen LogP contribution in [-0.4, -0.2) is 18.2 Å². The highest BCUT2D eigenvalue weighted by molar-refractivity contribution is 5.89. The van der Waals surface area contributed by atoms with Gasteiger partial charge in [-0.3, -0.25) is 0 Å². The Morgan fingerprint density at radius 3 is 2.40 bits per heavy atom. The number of ether oxygens (including phenoxy) is 1. The standard InChI is InChI=1S/C17H16O3/c1-12(10-17(18)19)13-6-8-14(9-7-13)15-4-3-5-16(11-15)20-2/h3-11H,1-2H3,(H,18,19)/b12-10-. The van der Waals surface area contributed by atoms with Crippen LogP contribution in [0.2, 0.25) is 0 Å². The number of rotatable bonds is 4. The lowest BCUT2D eigenvalue weighted by atomic mass is 10.0. The summed E-state index contributed by atoms with van der Waals surface area (Å²) in [6.07, 6.45) is 1.21. The van der Waals surface area contributed by atoms with Crippen LogP contribution in [0.25, 0.3) is 16.7 Å². The van der Waals surface area contributed by atoms with Crippen molar-refractivity contribution in [2.75, 3.05) is 7.11 Å². The molecular formula is C17H16O3. The van der Waals surface area contributed by atoms with Crippen LogP contribution in [0.1, 0.15) is 12.5 Å². The average molecular weight is 268 g/mol. The summed E-state index contributed by atoms with van der Waals surface area (Å²) in [4.78, 5) is 10.7. The molecule has 0 aliphatic rings. The number of hydrogen-bond donors (Lipinski definition) is 1. The Kier molecular flexibility index (Phi) is 4.20. The highest BCUT2D eigenvalue weighted by Crippen LogP contribution is 2.25. The maximum Gasteiger partial charge on any atom is 0.328 e. The minimum Gasteiger partial charge on any atom is -0.497 e. The lowest BCUT2D eigenvalue weighted by Crippen LogP contribution is -1.90. The fourth-order valence-electron chi connectivity index (χ4n) is 2.00. The van der Waals surface area contributed by atoms with Crippen molar-refractivity contribution >= 4 is 11.5 Å². The molecule has 0 aliphatic heterocycles. The van der Waals surface area contributed by atoms with Gasteiger partial charge in [0, 0.05) is 6.08 Å². The Bertz CT molecular complexity index is 640.